The van der Waals surface area contributed by atoms with E-state index >= 15 is 0 Å². The van der Waals surface area contributed by atoms with Gasteiger partial charge in [-0.15, -0.1) is 0 Å². The molecular formula is C77H142O6. The van der Waals surface area contributed by atoms with E-state index in [1.165, 1.54) is 295 Å². The van der Waals surface area contributed by atoms with Gasteiger partial charge in [0.1, 0.15) is 13.2 Å². The van der Waals surface area contributed by atoms with E-state index in [2.05, 4.69) is 69.4 Å². The van der Waals surface area contributed by atoms with E-state index in [-0.39, 0.29) is 31.1 Å². The largest absolute Gasteiger partial charge is 0.462 e. The molecule has 1 unspecified atom stereocenters. The third kappa shape index (κ3) is 70.0. The first-order chi connectivity index (χ1) is 41.0. The molecule has 0 bridgehead atoms. The zero-order valence-corrected chi connectivity index (χ0v) is 56.0. The number of esters is 3. The third-order valence-corrected chi connectivity index (χ3v) is 16.8. The molecule has 0 aliphatic rings. The SMILES string of the molecule is CCCCCCC/C=C\C/C=C\C/C=C\CCCCCCCCCCCCCCC(=O)OCC(COC(=O)CCCCCCCCCCCCC)OC(=O)CCCCCCCCCCCCCCCCC/C=C\CCCCCCCCCC. The van der Waals surface area contributed by atoms with Gasteiger partial charge in [-0.2, -0.15) is 0 Å². The molecule has 83 heavy (non-hydrogen) atoms. The molecule has 0 N–H and O–H groups in total. The summed E-state index contributed by atoms with van der Waals surface area (Å²) in [5.74, 6) is -0.843. The van der Waals surface area contributed by atoms with E-state index in [1.807, 2.05) is 0 Å². The molecular weight excluding hydrogens is 1020 g/mol. The third-order valence-electron chi connectivity index (χ3n) is 16.8. The van der Waals surface area contributed by atoms with Gasteiger partial charge in [0.25, 0.3) is 0 Å². The van der Waals surface area contributed by atoms with Crippen molar-refractivity contribution in [3.8, 4) is 0 Å². The summed E-state index contributed by atoms with van der Waals surface area (Å²) in [5.41, 5.74) is 0. The maximum Gasteiger partial charge on any atom is 0.306 e. The zero-order valence-electron chi connectivity index (χ0n) is 56.0. The molecule has 0 radical (unpaired) electrons. The Morgan fingerprint density at radius 2 is 0.434 bits per heavy atom. The maximum absolute atomic E-state index is 13.0. The first kappa shape index (κ1) is 80.4. The van der Waals surface area contributed by atoms with Crippen molar-refractivity contribution >= 4 is 17.9 Å². The number of ether oxygens (including phenoxy) is 3. The van der Waals surface area contributed by atoms with E-state index < -0.39 is 6.10 Å². The quantitative estimate of drug-likeness (QED) is 0.0261. The van der Waals surface area contributed by atoms with Crippen molar-refractivity contribution in [1.29, 1.82) is 0 Å². The fraction of sp³-hybridized carbons (Fsp3) is 0.857. The summed E-state index contributed by atoms with van der Waals surface area (Å²) in [6.07, 6.45) is 91.6. The van der Waals surface area contributed by atoms with Crippen LogP contribution in [0.5, 0.6) is 0 Å². The molecule has 6 nitrogen and oxygen atoms in total. The zero-order chi connectivity index (χ0) is 59.9. The minimum Gasteiger partial charge on any atom is -0.462 e. The van der Waals surface area contributed by atoms with Gasteiger partial charge in [0.15, 0.2) is 6.10 Å². The predicted molar refractivity (Wildman–Crippen MR) is 362 cm³/mol. The summed E-state index contributed by atoms with van der Waals surface area (Å²) in [4.78, 5) is 38.4. The Morgan fingerprint density at radius 3 is 0.687 bits per heavy atom. The van der Waals surface area contributed by atoms with Crippen LogP contribution in [0.4, 0.5) is 0 Å². The molecule has 0 amide bonds. The highest BCUT2D eigenvalue weighted by molar-refractivity contribution is 5.71. The number of rotatable bonds is 69. The lowest BCUT2D eigenvalue weighted by atomic mass is 10.0. The van der Waals surface area contributed by atoms with Crippen LogP contribution in [0.1, 0.15) is 406 Å². The first-order valence-electron chi connectivity index (χ1n) is 37.1. The van der Waals surface area contributed by atoms with E-state index in [0.29, 0.717) is 19.3 Å². The Bertz CT molecular complexity index is 1430. The Hall–Kier alpha value is -2.63. The molecule has 6 heteroatoms. The highest BCUT2D eigenvalue weighted by Crippen LogP contribution is 2.18. The van der Waals surface area contributed by atoms with Crippen molar-refractivity contribution in [3.05, 3.63) is 48.6 Å². The summed E-state index contributed by atoms with van der Waals surface area (Å²) in [7, 11) is 0. The topological polar surface area (TPSA) is 78.9 Å². The minimum absolute atomic E-state index is 0.0681. The lowest BCUT2D eigenvalue weighted by Gasteiger charge is -2.18. The molecule has 0 heterocycles. The summed E-state index contributed by atoms with van der Waals surface area (Å²) >= 11 is 0. The summed E-state index contributed by atoms with van der Waals surface area (Å²) in [6, 6.07) is 0. The minimum atomic E-state index is -0.772. The van der Waals surface area contributed by atoms with Crippen LogP contribution in [0.15, 0.2) is 48.6 Å². The van der Waals surface area contributed by atoms with E-state index in [4.69, 9.17) is 14.2 Å². The fourth-order valence-electron chi connectivity index (χ4n) is 11.2. The van der Waals surface area contributed by atoms with E-state index in [9.17, 15) is 14.4 Å². The predicted octanol–water partition coefficient (Wildman–Crippen LogP) is 25.7. The number of hydrogen-bond donors (Lipinski definition) is 0. The van der Waals surface area contributed by atoms with Gasteiger partial charge >= 0.3 is 17.9 Å². The van der Waals surface area contributed by atoms with Crippen LogP contribution in [0.25, 0.3) is 0 Å². The van der Waals surface area contributed by atoms with Crippen LogP contribution in [0.2, 0.25) is 0 Å². The van der Waals surface area contributed by atoms with Crippen LogP contribution in [-0.2, 0) is 28.6 Å². The van der Waals surface area contributed by atoms with E-state index in [0.717, 1.165) is 70.6 Å². The maximum atomic E-state index is 13.0. The van der Waals surface area contributed by atoms with Crippen molar-refractivity contribution in [3.63, 3.8) is 0 Å². The number of carbonyl (C=O) groups excluding carboxylic acids is 3. The molecule has 0 saturated carbocycles. The molecule has 0 aromatic rings. The standard InChI is InChI=1S/C77H142O6/c1-4-7-10-13-16-19-22-24-26-28-30-32-34-36-38-40-42-44-46-48-50-52-55-58-61-64-67-70-76(79)82-73-74(72-81-75(78)69-66-63-60-57-54-21-18-15-12-9-6-3)83-77(80)71-68-65-62-59-56-53-51-49-47-45-43-41-39-37-35-33-31-29-27-25-23-20-17-14-11-8-5-2/h22,24,28-31,34,36,74H,4-21,23,25-27,32-33,35,37-73H2,1-3H3/b24-22-,30-28-,31-29-,36-34-. The van der Waals surface area contributed by atoms with Crippen molar-refractivity contribution in [2.75, 3.05) is 13.2 Å². The lowest BCUT2D eigenvalue weighted by Crippen LogP contribution is -2.30. The van der Waals surface area contributed by atoms with Crippen molar-refractivity contribution in [1.82, 2.24) is 0 Å². The van der Waals surface area contributed by atoms with Gasteiger partial charge in [-0.3, -0.25) is 14.4 Å². The number of allylic oxidation sites excluding steroid dienone is 8. The Balaban J connectivity index is 4.17. The molecule has 0 aromatic heterocycles. The highest BCUT2D eigenvalue weighted by Gasteiger charge is 2.19. The normalized spacial score (nSPS) is 12.3. The molecule has 0 aliphatic carbocycles. The van der Waals surface area contributed by atoms with Crippen LogP contribution in [0, 0.1) is 0 Å². The van der Waals surface area contributed by atoms with Gasteiger partial charge in [-0.1, -0.05) is 352 Å². The van der Waals surface area contributed by atoms with Gasteiger partial charge < -0.3 is 14.2 Å². The lowest BCUT2D eigenvalue weighted by molar-refractivity contribution is -0.167. The number of hydrogen-bond acceptors (Lipinski definition) is 6. The van der Waals surface area contributed by atoms with Gasteiger partial charge in [0, 0.05) is 19.3 Å². The second-order valence-corrected chi connectivity index (χ2v) is 25.2. The molecule has 1 atom stereocenters. The van der Waals surface area contributed by atoms with Gasteiger partial charge in [-0.25, -0.2) is 0 Å². The second kappa shape index (κ2) is 71.8. The highest BCUT2D eigenvalue weighted by atomic mass is 16.6. The Labute approximate surface area is 518 Å². The molecule has 0 spiro atoms. The van der Waals surface area contributed by atoms with Gasteiger partial charge in [0.05, 0.1) is 0 Å². The first-order valence-corrected chi connectivity index (χ1v) is 37.1. The van der Waals surface area contributed by atoms with Gasteiger partial charge in [-0.05, 0) is 83.5 Å². The summed E-state index contributed by atoms with van der Waals surface area (Å²) < 4.78 is 17.0. The van der Waals surface area contributed by atoms with Crippen molar-refractivity contribution in [2.24, 2.45) is 0 Å². The monoisotopic (exact) mass is 1160 g/mol. The smallest absolute Gasteiger partial charge is 0.306 e. The molecule has 0 saturated heterocycles. The molecule has 486 valence electrons. The van der Waals surface area contributed by atoms with Crippen LogP contribution < -0.4 is 0 Å². The molecule has 0 aromatic carbocycles. The van der Waals surface area contributed by atoms with Crippen molar-refractivity contribution in [2.45, 2.75) is 412 Å². The molecule has 0 aliphatic heterocycles. The van der Waals surface area contributed by atoms with E-state index in [1.54, 1.807) is 0 Å². The van der Waals surface area contributed by atoms with Gasteiger partial charge in [0.2, 0.25) is 0 Å². The van der Waals surface area contributed by atoms with Crippen molar-refractivity contribution < 1.29 is 28.6 Å². The summed E-state index contributed by atoms with van der Waals surface area (Å²) in [6.45, 7) is 6.69. The number of carbonyl (C=O) groups is 3. The molecule has 0 fully saturated rings. The number of unbranched alkanes of at least 4 members (excludes halogenated alkanes) is 50. The second-order valence-electron chi connectivity index (χ2n) is 25.2. The molecule has 0 rings (SSSR count). The van der Waals surface area contributed by atoms with Crippen LogP contribution in [0.3, 0.4) is 0 Å². The Kier molecular flexibility index (Phi) is 69.6. The summed E-state index contributed by atoms with van der Waals surface area (Å²) in [5, 5.41) is 0. The average Bonchev–Trinajstić information content (AvgIpc) is 3.48. The van der Waals surface area contributed by atoms with Crippen LogP contribution >= 0.6 is 0 Å². The fourth-order valence-corrected chi connectivity index (χ4v) is 11.2. The average molecular weight is 1160 g/mol. The Morgan fingerprint density at radius 1 is 0.241 bits per heavy atom. The van der Waals surface area contributed by atoms with Crippen LogP contribution in [-0.4, -0.2) is 37.2 Å².